The number of aryl methyl sites for hydroxylation is 2. The van der Waals surface area contributed by atoms with Crippen molar-refractivity contribution in [2.75, 3.05) is 5.32 Å². The van der Waals surface area contributed by atoms with Crippen molar-refractivity contribution in [3.63, 3.8) is 0 Å². The van der Waals surface area contributed by atoms with Crippen LogP contribution in [0, 0.1) is 31.0 Å². The first-order chi connectivity index (χ1) is 9.92. The molecule has 1 aromatic carbocycles. The fraction of sp³-hybridized carbons (Fsp3) is 0.133. The van der Waals surface area contributed by atoms with Crippen LogP contribution < -0.4 is 5.32 Å². The number of hydrogen-bond donors (Lipinski definition) is 2. The number of pyridine rings is 1. The highest BCUT2D eigenvalue weighted by Gasteiger charge is 2.17. The van der Waals surface area contributed by atoms with Crippen LogP contribution in [0.3, 0.4) is 0 Å². The third-order valence-electron chi connectivity index (χ3n) is 2.91. The van der Waals surface area contributed by atoms with Crippen molar-refractivity contribution in [3.05, 3.63) is 52.5 Å². The molecular weight excluding hydrogens is 273 g/mol. The zero-order valence-corrected chi connectivity index (χ0v) is 11.4. The van der Waals surface area contributed by atoms with Gasteiger partial charge in [0.2, 0.25) is 0 Å². The van der Waals surface area contributed by atoms with E-state index in [1.54, 1.807) is 19.9 Å². The number of carbonyl (C=O) groups is 1. The summed E-state index contributed by atoms with van der Waals surface area (Å²) in [6, 6.07) is 7.15. The number of aromatic nitrogens is 1. The Labute approximate surface area is 120 Å². The summed E-state index contributed by atoms with van der Waals surface area (Å²) in [7, 11) is 0. The first kappa shape index (κ1) is 14.5. The van der Waals surface area contributed by atoms with Crippen molar-refractivity contribution in [1.82, 2.24) is 4.98 Å². The molecule has 0 spiro atoms. The van der Waals surface area contributed by atoms with Gasteiger partial charge < -0.3 is 10.4 Å². The van der Waals surface area contributed by atoms with Gasteiger partial charge in [0.25, 0.3) is 0 Å². The Morgan fingerprint density at radius 3 is 2.71 bits per heavy atom. The second-order valence-electron chi connectivity index (χ2n) is 4.54. The zero-order chi connectivity index (χ0) is 15.6. The van der Waals surface area contributed by atoms with Gasteiger partial charge in [-0.3, -0.25) is 0 Å². The second-order valence-corrected chi connectivity index (χ2v) is 4.54. The van der Waals surface area contributed by atoms with Gasteiger partial charge in [-0.15, -0.1) is 0 Å². The van der Waals surface area contributed by atoms with Crippen molar-refractivity contribution in [2.45, 2.75) is 13.8 Å². The van der Waals surface area contributed by atoms with Gasteiger partial charge in [0.05, 0.1) is 11.3 Å². The lowest BCUT2D eigenvalue weighted by molar-refractivity contribution is 0.0697. The Balaban J connectivity index is 2.54. The van der Waals surface area contributed by atoms with E-state index in [4.69, 9.17) is 5.26 Å². The second kappa shape index (κ2) is 5.59. The maximum atomic E-state index is 13.1. The average Bonchev–Trinajstić information content (AvgIpc) is 2.39. The van der Waals surface area contributed by atoms with Gasteiger partial charge in [-0.2, -0.15) is 5.26 Å². The molecule has 1 aromatic heterocycles. The van der Waals surface area contributed by atoms with E-state index in [0.29, 0.717) is 16.9 Å². The molecule has 2 N–H and O–H groups in total. The number of carboxylic acid groups (broad SMARTS) is 1. The van der Waals surface area contributed by atoms with E-state index in [9.17, 15) is 14.3 Å². The molecule has 5 nitrogen and oxygen atoms in total. The minimum absolute atomic E-state index is 0.0221. The van der Waals surface area contributed by atoms with Gasteiger partial charge in [-0.25, -0.2) is 14.2 Å². The van der Waals surface area contributed by atoms with Crippen LogP contribution in [0.1, 0.15) is 27.2 Å². The molecule has 0 aliphatic rings. The molecule has 0 atom stereocenters. The molecule has 0 saturated heterocycles. The molecule has 0 fully saturated rings. The molecule has 0 amide bonds. The van der Waals surface area contributed by atoms with Gasteiger partial charge in [0.1, 0.15) is 23.3 Å². The lowest BCUT2D eigenvalue weighted by atomic mass is 10.1. The van der Waals surface area contributed by atoms with Crippen molar-refractivity contribution < 1.29 is 14.3 Å². The van der Waals surface area contributed by atoms with Crippen LogP contribution >= 0.6 is 0 Å². The number of rotatable bonds is 3. The molecular formula is C15H12FN3O2. The van der Waals surface area contributed by atoms with Gasteiger partial charge in [-0.1, -0.05) is 0 Å². The molecule has 0 aliphatic heterocycles. The van der Waals surface area contributed by atoms with E-state index in [1.165, 1.54) is 12.1 Å². The number of anilines is 2. The first-order valence-electron chi connectivity index (χ1n) is 6.10. The number of nitriles is 1. The van der Waals surface area contributed by atoms with Crippen LogP contribution in [0.5, 0.6) is 0 Å². The highest BCUT2D eigenvalue weighted by Crippen LogP contribution is 2.25. The average molecular weight is 285 g/mol. The van der Waals surface area contributed by atoms with Crippen LogP contribution in [-0.2, 0) is 0 Å². The molecule has 2 aromatic rings. The maximum absolute atomic E-state index is 13.1. The largest absolute Gasteiger partial charge is 0.478 e. The third-order valence-corrected chi connectivity index (χ3v) is 2.91. The summed E-state index contributed by atoms with van der Waals surface area (Å²) >= 11 is 0. The molecule has 6 heteroatoms. The number of hydrogen-bond acceptors (Lipinski definition) is 4. The van der Waals surface area contributed by atoms with Crippen LogP contribution in [0.25, 0.3) is 0 Å². The number of carboxylic acids is 1. The number of halogens is 1. The van der Waals surface area contributed by atoms with E-state index >= 15 is 0 Å². The van der Waals surface area contributed by atoms with Crippen molar-refractivity contribution in [2.24, 2.45) is 0 Å². The number of benzene rings is 1. The number of nitrogens with zero attached hydrogens (tertiary/aromatic N) is 2. The molecule has 0 saturated carbocycles. The summed E-state index contributed by atoms with van der Waals surface area (Å²) in [5, 5.41) is 21.1. The smallest absolute Gasteiger partial charge is 0.339 e. The normalized spacial score (nSPS) is 10.0. The minimum atomic E-state index is -1.12. The van der Waals surface area contributed by atoms with Crippen LogP contribution in [0.15, 0.2) is 24.3 Å². The van der Waals surface area contributed by atoms with E-state index < -0.39 is 11.8 Å². The Morgan fingerprint density at radius 2 is 2.10 bits per heavy atom. The van der Waals surface area contributed by atoms with Gasteiger partial charge in [-0.05, 0) is 43.7 Å². The summed E-state index contributed by atoms with van der Waals surface area (Å²) in [4.78, 5) is 15.5. The zero-order valence-electron chi connectivity index (χ0n) is 11.4. The van der Waals surface area contributed by atoms with Crippen LogP contribution in [0.4, 0.5) is 15.9 Å². The summed E-state index contributed by atoms with van der Waals surface area (Å²) in [5.41, 5.74) is 1.60. The fourth-order valence-electron chi connectivity index (χ4n) is 2.04. The fourth-order valence-corrected chi connectivity index (χ4v) is 2.04. The Kier molecular flexibility index (Phi) is 3.85. The monoisotopic (exact) mass is 285 g/mol. The topological polar surface area (TPSA) is 86.0 Å². The predicted molar refractivity (Wildman–Crippen MR) is 75.1 cm³/mol. The van der Waals surface area contributed by atoms with Gasteiger partial charge >= 0.3 is 5.97 Å². The van der Waals surface area contributed by atoms with Crippen LogP contribution in [-0.4, -0.2) is 16.1 Å². The summed E-state index contributed by atoms with van der Waals surface area (Å²) < 4.78 is 13.1. The Morgan fingerprint density at radius 1 is 1.38 bits per heavy atom. The highest BCUT2D eigenvalue weighted by atomic mass is 19.1. The molecule has 0 aliphatic carbocycles. The third kappa shape index (κ3) is 2.98. The minimum Gasteiger partial charge on any atom is -0.478 e. The SMILES string of the molecule is Cc1cc(C)c(C(=O)O)c(Nc2ccc(F)cc2C#N)n1. The number of aromatic carboxylic acids is 1. The quantitative estimate of drug-likeness (QED) is 0.904. The summed E-state index contributed by atoms with van der Waals surface area (Å²) in [6.07, 6.45) is 0. The van der Waals surface area contributed by atoms with Crippen LogP contribution in [0.2, 0.25) is 0 Å². The van der Waals surface area contributed by atoms with E-state index in [0.717, 1.165) is 6.07 Å². The van der Waals surface area contributed by atoms with E-state index in [-0.39, 0.29) is 16.9 Å². The lowest BCUT2D eigenvalue weighted by Crippen LogP contribution is -2.09. The Hall–Kier alpha value is -2.94. The Bertz CT molecular complexity index is 766. The summed E-state index contributed by atoms with van der Waals surface area (Å²) in [5.74, 6) is -1.53. The van der Waals surface area contributed by atoms with Gasteiger partial charge in [0, 0.05) is 5.69 Å². The molecule has 21 heavy (non-hydrogen) atoms. The van der Waals surface area contributed by atoms with Gasteiger partial charge in [0.15, 0.2) is 0 Å². The van der Waals surface area contributed by atoms with Crippen molar-refractivity contribution in [1.29, 1.82) is 5.26 Å². The lowest BCUT2D eigenvalue weighted by Gasteiger charge is -2.13. The van der Waals surface area contributed by atoms with Crippen molar-refractivity contribution in [3.8, 4) is 6.07 Å². The molecule has 106 valence electrons. The van der Waals surface area contributed by atoms with E-state index in [1.807, 2.05) is 6.07 Å². The predicted octanol–water partition coefficient (Wildman–Crippen LogP) is 3.15. The molecule has 1 heterocycles. The maximum Gasteiger partial charge on any atom is 0.339 e. The number of nitrogens with one attached hydrogen (secondary N) is 1. The molecule has 0 unspecified atom stereocenters. The highest BCUT2D eigenvalue weighted by molar-refractivity contribution is 5.95. The molecule has 0 radical (unpaired) electrons. The summed E-state index contributed by atoms with van der Waals surface area (Å²) in [6.45, 7) is 3.40. The van der Waals surface area contributed by atoms with E-state index in [2.05, 4.69) is 10.3 Å². The molecule has 0 bridgehead atoms. The molecule has 2 rings (SSSR count). The van der Waals surface area contributed by atoms with Crippen molar-refractivity contribution >= 4 is 17.5 Å². The first-order valence-corrected chi connectivity index (χ1v) is 6.10. The standard InChI is InChI=1S/C15H12FN3O2/c1-8-5-9(2)18-14(13(8)15(20)21)19-12-4-3-11(16)6-10(12)7-17/h3-6H,1-2H3,(H,18,19)(H,20,21).